The Labute approximate surface area is 107 Å². The molecule has 1 heterocycles. The summed E-state index contributed by atoms with van der Waals surface area (Å²) in [6.07, 6.45) is 2.40. The van der Waals surface area contributed by atoms with Crippen molar-refractivity contribution >= 4 is 28.9 Å². The number of benzene rings is 1. The highest BCUT2D eigenvalue weighted by molar-refractivity contribution is 6.17. The second-order valence-electron chi connectivity index (χ2n) is 4.27. The molecular formula is C13H17ClN2O. The number of hydrogen-bond donors (Lipinski definition) is 1. The molecule has 0 aliphatic carbocycles. The van der Waals surface area contributed by atoms with E-state index in [-0.39, 0.29) is 5.91 Å². The molecule has 2 rings (SSSR count). The smallest absolute Gasteiger partial charge is 0.227 e. The van der Waals surface area contributed by atoms with Gasteiger partial charge in [0.25, 0.3) is 0 Å². The fourth-order valence-corrected chi connectivity index (χ4v) is 2.20. The van der Waals surface area contributed by atoms with Gasteiger partial charge in [-0.1, -0.05) is 0 Å². The van der Waals surface area contributed by atoms with E-state index in [0.717, 1.165) is 30.8 Å². The van der Waals surface area contributed by atoms with Crippen LogP contribution in [-0.2, 0) is 11.2 Å². The van der Waals surface area contributed by atoms with Gasteiger partial charge in [-0.3, -0.25) is 4.79 Å². The summed E-state index contributed by atoms with van der Waals surface area (Å²) in [5.74, 6) is 0.871. The lowest BCUT2D eigenvalue weighted by molar-refractivity contribution is -0.118. The van der Waals surface area contributed by atoms with Crippen molar-refractivity contribution in [2.24, 2.45) is 0 Å². The molecule has 0 unspecified atom stereocenters. The molecule has 1 N–H and O–H groups in total. The van der Waals surface area contributed by atoms with Crippen LogP contribution in [0.15, 0.2) is 18.2 Å². The molecular weight excluding hydrogens is 236 g/mol. The SMILES string of the molecule is CN1C(=O)CCc2cc(NCCCCl)ccc21. The van der Waals surface area contributed by atoms with Crippen molar-refractivity contribution in [2.45, 2.75) is 19.3 Å². The molecule has 1 aromatic rings. The molecule has 1 aliphatic heterocycles. The molecule has 3 nitrogen and oxygen atoms in total. The predicted octanol–water partition coefficient (Wildman–Crippen LogP) is 2.64. The van der Waals surface area contributed by atoms with E-state index in [1.165, 1.54) is 5.56 Å². The predicted molar refractivity (Wildman–Crippen MR) is 72.0 cm³/mol. The molecule has 0 radical (unpaired) electrons. The second-order valence-corrected chi connectivity index (χ2v) is 4.64. The van der Waals surface area contributed by atoms with Crippen molar-refractivity contribution in [3.05, 3.63) is 23.8 Å². The van der Waals surface area contributed by atoms with E-state index >= 15 is 0 Å². The zero-order valence-electron chi connectivity index (χ0n) is 10.0. The Kier molecular flexibility index (Phi) is 3.89. The molecule has 0 saturated heterocycles. The summed E-state index contributed by atoms with van der Waals surface area (Å²) < 4.78 is 0. The molecule has 4 heteroatoms. The van der Waals surface area contributed by atoms with Gasteiger partial charge in [0.2, 0.25) is 5.91 Å². The molecule has 1 amide bonds. The standard InChI is InChI=1S/C13H17ClN2O/c1-16-12-5-4-11(15-8-2-7-14)9-10(12)3-6-13(16)17/h4-5,9,15H,2-3,6-8H2,1H3. The number of nitrogens with zero attached hydrogens (tertiary/aromatic N) is 1. The summed E-state index contributed by atoms with van der Waals surface area (Å²) in [6.45, 7) is 0.886. The molecule has 1 aliphatic rings. The van der Waals surface area contributed by atoms with Gasteiger partial charge in [-0.05, 0) is 36.6 Å². The van der Waals surface area contributed by atoms with E-state index in [2.05, 4.69) is 11.4 Å². The van der Waals surface area contributed by atoms with Gasteiger partial charge >= 0.3 is 0 Å². The number of nitrogens with one attached hydrogen (secondary N) is 1. The zero-order valence-corrected chi connectivity index (χ0v) is 10.8. The maximum atomic E-state index is 11.5. The third kappa shape index (κ3) is 2.72. The van der Waals surface area contributed by atoms with Gasteiger partial charge in [-0.15, -0.1) is 11.6 Å². The van der Waals surface area contributed by atoms with E-state index in [1.807, 2.05) is 19.2 Å². The average Bonchev–Trinajstić information content (AvgIpc) is 2.34. The molecule has 17 heavy (non-hydrogen) atoms. The number of amides is 1. The maximum absolute atomic E-state index is 11.5. The quantitative estimate of drug-likeness (QED) is 0.660. The lowest BCUT2D eigenvalue weighted by Crippen LogP contribution is -2.31. The second kappa shape index (κ2) is 5.41. The summed E-state index contributed by atoms with van der Waals surface area (Å²) in [5, 5.41) is 3.33. The van der Waals surface area contributed by atoms with Gasteiger partial charge in [-0.25, -0.2) is 0 Å². The summed E-state index contributed by atoms with van der Waals surface area (Å²) in [4.78, 5) is 13.3. The lowest BCUT2D eigenvalue weighted by atomic mass is 10.0. The van der Waals surface area contributed by atoms with Gasteiger partial charge in [0.15, 0.2) is 0 Å². The molecule has 1 aromatic carbocycles. The van der Waals surface area contributed by atoms with Crippen LogP contribution in [0, 0.1) is 0 Å². The van der Waals surface area contributed by atoms with Crippen LogP contribution in [0.4, 0.5) is 11.4 Å². The Bertz CT molecular complexity index is 420. The number of carbonyl (C=O) groups excluding carboxylic acids is 1. The van der Waals surface area contributed by atoms with E-state index in [9.17, 15) is 4.79 Å². The van der Waals surface area contributed by atoms with Gasteiger partial charge in [0, 0.05) is 37.3 Å². The zero-order chi connectivity index (χ0) is 12.3. The Balaban J connectivity index is 2.12. The van der Waals surface area contributed by atoms with Crippen LogP contribution in [0.1, 0.15) is 18.4 Å². The van der Waals surface area contributed by atoms with Crippen LogP contribution < -0.4 is 10.2 Å². The maximum Gasteiger partial charge on any atom is 0.227 e. The number of carbonyl (C=O) groups is 1. The first kappa shape index (κ1) is 12.2. The number of halogens is 1. The third-order valence-corrected chi connectivity index (χ3v) is 3.33. The van der Waals surface area contributed by atoms with Crippen LogP contribution in [0.2, 0.25) is 0 Å². The summed E-state index contributed by atoms with van der Waals surface area (Å²) >= 11 is 5.63. The number of anilines is 2. The van der Waals surface area contributed by atoms with Crippen molar-refractivity contribution in [3.63, 3.8) is 0 Å². The van der Waals surface area contributed by atoms with Crippen LogP contribution in [-0.4, -0.2) is 25.4 Å². The molecule has 0 saturated carbocycles. The van der Waals surface area contributed by atoms with Crippen molar-refractivity contribution in [1.82, 2.24) is 0 Å². The highest BCUT2D eigenvalue weighted by Crippen LogP contribution is 2.29. The van der Waals surface area contributed by atoms with Crippen molar-refractivity contribution < 1.29 is 4.79 Å². The highest BCUT2D eigenvalue weighted by atomic mass is 35.5. The van der Waals surface area contributed by atoms with Crippen molar-refractivity contribution in [1.29, 1.82) is 0 Å². The van der Waals surface area contributed by atoms with E-state index < -0.39 is 0 Å². The minimum absolute atomic E-state index is 0.195. The number of rotatable bonds is 4. The molecule has 0 fully saturated rings. The van der Waals surface area contributed by atoms with Gasteiger partial charge in [-0.2, -0.15) is 0 Å². The minimum atomic E-state index is 0.195. The molecule has 0 bridgehead atoms. The first-order valence-corrected chi connectivity index (χ1v) is 6.45. The van der Waals surface area contributed by atoms with Crippen LogP contribution in [0.25, 0.3) is 0 Å². The van der Waals surface area contributed by atoms with Crippen LogP contribution >= 0.6 is 11.6 Å². The average molecular weight is 253 g/mol. The minimum Gasteiger partial charge on any atom is -0.385 e. The summed E-state index contributed by atoms with van der Waals surface area (Å²) in [5.41, 5.74) is 3.38. The first-order valence-electron chi connectivity index (χ1n) is 5.91. The Morgan fingerprint density at radius 1 is 1.41 bits per heavy atom. The van der Waals surface area contributed by atoms with Crippen molar-refractivity contribution in [3.8, 4) is 0 Å². The van der Waals surface area contributed by atoms with E-state index in [4.69, 9.17) is 11.6 Å². The van der Waals surface area contributed by atoms with Gasteiger partial charge < -0.3 is 10.2 Å². The van der Waals surface area contributed by atoms with Crippen molar-refractivity contribution in [2.75, 3.05) is 29.7 Å². The normalized spacial score (nSPS) is 14.7. The topological polar surface area (TPSA) is 32.3 Å². The monoisotopic (exact) mass is 252 g/mol. The van der Waals surface area contributed by atoms with Gasteiger partial charge in [0.1, 0.15) is 0 Å². The fraction of sp³-hybridized carbons (Fsp3) is 0.462. The Morgan fingerprint density at radius 2 is 2.24 bits per heavy atom. The molecule has 0 aromatic heterocycles. The number of alkyl halides is 1. The number of hydrogen-bond acceptors (Lipinski definition) is 2. The van der Waals surface area contributed by atoms with Crippen LogP contribution in [0.5, 0.6) is 0 Å². The van der Waals surface area contributed by atoms with Gasteiger partial charge in [0.05, 0.1) is 0 Å². The summed E-state index contributed by atoms with van der Waals surface area (Å²) in [6, 6.07) is 6.16. The summed E-state index contributed by atoms with van der Waals surface area (Å²) in [7, 11) is 1.83. The lowest BCUT2D eigenvalue weighted by Gasteiger charge is -2.26. The fourth-order valence-electron chi connectivity index (χ4n) is 2.07. The molecule has 0 spiro atoms. The number of fused-ring (bicyclic) bond motifs is 1. The molecule has 0 atom stereocenters. The van der Waals surface area contributed by atoms with E-state index in [1.54, 1.807) is 4.90 Å². The third-order valence-electron chi connectivity index (χ3n) is 3.06. The molecule has 92 valence electrons. The number of aryl methyl sites for hydroxylation is 1. The largest absolute Gasteiger partial charge is 0.385 e. The highest BCUT2D eigenvalue weighted by Gasteiger charge is 2.20. The van der Waals surface area contributed by atoms with Crippen LogP contribution in [0.3, 0.4) is 0 Å². The Morgan fingerprint density at radius 3 is 3.00 bits per heavy atom. The first-order chi connectivity index (χ1) is 8.22. The van der Waals surface area contributed by atoms with E-state index in [0.29, 0.717) is 12.3 Å². The Hall–Kier alpha value is -1.22.